The van der Waals surface area contributed by atoms with Crippen LogP contribution in [0.15, 0.2) is 29.7 Å². The topological polar surface area (TPSA) is 57.6 Å². The van der Waals surface area contributed by atoms with Gasteiger partial charge >= 0.3 is 0 Å². The maximum absolute atomic E-state index is 14.1. The van der Waals surface area contributed by atoms with Crippen LogP contribution in [-0.2, 0) is 16.6 Å². The van der Waals surface area contributed by atoms with Crippen molar-refractivity contribution < 1.29 is 22.3 Å². The molecule has 0 unspecified atom stereocenters. The van der Waals surface area contributed by atoms with Crippen molar-refractivity contribution in [3.63, 3.8) is 0 Å². The van der Waals surface area contributed by atoms with Gasteiger partial charge in [0.1, 0.15) is 10.7 Å². The number of sulfonamides is 1. The van der Waals surface area contributed by atoms with E-state index in [1.807, 2.05) is 0 Å². The molecule has 0 radical (unpaired) electrons. The van der Waals surface area contributed by atoms with E-state index in [1.165, 1.54) is 6.08 Å². The molecule has 0 aromatic heterocycles. The lowest BCUT2D eigenvalue weighted by atomic mass is 10.2. The summed E-state index contributed by atoms with van der Waals surface area (Å²) in [6.45, 7) is 2.66. The van der Waals surface area contributed by atoms with Crippen LogP contribution in [-0.4, -0.2) is 30.4 Å². The zero-order valence-electron chi connectivity index (χ0n) is 10.7. The normalized spacial score (nSPS) is 15.6. The van der Waals surface area contributed by atoms with Crippen molar-refractivity contribution in [2.75, 3.05) is 6.54 Å². The molecule has 1 aliphatic carbocycles. The Labute approximate surface area is 116 Å². The second-order valence-corrected chi connectivity index (χ2v) is 6.45. The minimum absolute atomic E-state index is 0.0677. The molecule has 4 nitrogen and oxygen atoms in total. The number of hydrogen-bond acceptors (Lipinski definition) is 3. The highest BCUT2D eigenvalue weighted by Gasteiger charge is 2.39. The molecule has 0 heterocycles. The quantitative estimate of drug-likeness (QED) is 0.815. The molecule has 1 saturated carbocycles. The average Bonchev–Trinajstić information content (AvgIpc) is 3.20. The Kier molecular flexibility index (Phi) is 4.22. The molecular formula is C13H15F2NO3S. The first-order valence-corrected chi connectivity index (χ1v) is 7.58. The van der Waals surface area contributed by atoms with Gasteiger partial charge in [0, 0.05) is 12.6 Å². The summed E-state index contributed by atoms with van der Waals surface area (Å²) in [4.78, 5) is -0.614. The molecule has 7 heteroatoms. The third-order valence-corrected chi connectivity index (χ3v) is 5.09. The standard InChI is InChI=1S/C13H15F2NO3S/c1-2-7-16(9-3-4-9)20(18,19)12-6-5-11(14)10(8-17)13(12)15/h2,5-6,9,17H,1,3-4,7-8H2. The predicted molar refractivity (Wildman–Crippen MR) is 69.4 cm³/mol. The van der Waals surface area contributed by atoms with Gasteiger partial charge in [-0.15, -0.1) is 6.58 Å². The van der Waals surface area contributed by atoms with Gasteiger partial charge in [0.05, 0.1) is 12.2 Å². The Morgan fingerprint density at radius 3 is 2.55 bits per heavy atom. The molecule has 0 aliphatic heterocycles. The molecule has 0 atom stereocenters. The summed E-state index contributed by atoms with van der Waals surface area (Å²) < 4.78 is 53.4. The van der Waals surface area contributed by atoms with E-state index in [1.54, 1.807) is 0 Å². The number of aliphatic hydroxyl groups is 1. The molecule has 1 aromatic rings. The third kappa shape index (κ3) is 2.61. The van der Waals surface area contributed by atoms with E-state index in [2.05, 4.69) is 6.58 Å². The monoisotopic (exact) mass is 303 g/mol. The summed E-state index contributed by atoms with van der Waals surface area (Å²) in [7, 11) is -4.07. The van der Waals surface area contributed by atoms with Crippen LogP contribution in [0, 0.1) is 11.6 Å². The first kappa shape index (κ1) is 15.1. The second-order valence-electron chi connectivity index (χ2n) is 4.59. The van der Waals surface area contributed by atoms with E-state index < -0.39 is 38.7 Å². The molecule has 110 valence electrons. The molecular weight excluding hydrogens is 288 g/mol. The number of benzene rings is 1. The van der Waals surface area contributed by atoms with Gasteiger partial charge in [-0.25, -0.2) is 17.2 Å². The third-order valence-electron chi connectivity index (χ3n) is 3.16. The fourth-order valence-electron chi connectivity index (χ4n) is 1.98. The largest absolute Gasteiger partial charge is 0.391 e. The lowest BCUT2D eigenvalue weighted by Gasteiger charge is -2.21. The maximum atomic E-state index is 14.1. The average molecular weight is 303 g/mol. The Morgan fingerprint density at radius 1 is 1.40 bits per heavy atom. The summed E-state index contributed by atoms with van der Waals surface area (Å²) in [5.41, 5.74) is -0.638. The highest BCUT2D eigenvalue weighted by Crippen LogP contribution is 2.33. The minimum atomic E-state index is -4.07. The van der Waals surface area contributed by atoms with Crippen molar-refractivity contribution in [1.82, 2.24) is 4.31 Å². The fraction of sp³-hybridized carbons (Fsp3) is 0.385. The molecule has 0 amide bonds. The zero-order valence-corrected chi connectivity index (χ0v) is 11.5. The smallest absolute Gasteiger partial charge is 0.246 e. The molecule has 1 aliphatic rings. The van der Waals surface area contributed by atoms with E-state index in [-0.39, 0.29) is 12.6 Å². The molecule has 0 bridgehead atoms. The lowest BCUT2D eigenvalue weighted by Crippen LogP contribution is -2.34. The predicted octanol–water partition coefficient (Wildman–Crippen LogP) is 1.80. The zero-order chi connectivity index (χ0) is 14.9. The number of aliphatic hydroxyl groups excluding tert-OH is 1. The summed E-state index contributed by atoms with van der Waals surface area (Å²) in [5, 5.41) is 8.95. The number of rotatable bonds is 6. The first-order chi connectivity index (χ1) is 9.43. The SMILES string of the molecule is C=CCN(C1CC1)S(=O)(=O)c1ccc(F)c(CO)c1F. The molecule has 20 heavy (non-hydrogen) atoms. The van der Waals surface area contributed by atoms with Crippen LogP contribution in [0.3, 0.4) is 0 Å². The van der Waals surface area contributed by atoms with Gasteiger partial charge < -0.3 is 5.11 Å². The molecule has 2 rings (SSSR count). The molecule has 1 N–H and O–H groups in total. The highest BCUT2D eigenvalue weighted by molar-refractivity contribution is 7.89. The summed E-state index contributed by atoms with van der Waals surface area (Å²) >= 11 is 0. The Morgan fingerprint density at radius 2 is 2.05 bits per heavy atom. The van der Waals surface area contributed by atoms with Gasteiger partial charge in [0.25, 0.3) is 0 Å². The van der Waals surface area contributed by atoms with Crippen LogP contribution in [0.4, 0.5) is 8.78 Å². The summed E-state index contributed by atoms with van der Waals surface area (Å²) in [6.07, 6.45) is 2.84. The van der Waals surface area contributed by atoms with E-state index in [0.717, 1.165) is 16.4 Å². The lowest BCUT2D eigenvalue weighted by molar-refractivity contribution is 0.267. The molecule has 0 spiro atoms. The van der Waals surface area contributed by atoms with Gasteiger partial charge in [-0.1, -0.05) is 6.08 Å². The number of hydrogen-bond donors (Lipinski definition) is 1. The Bertz CT molecular complexity index is 627. The molecule has 1 fully saturated rings. The summed E-state index contributed by atoms with van der Waals surface area (Å²) in [5.74, 6) is -2.20. The summed E-state index contributed by atoms with van der Waals surface area (Å²) in [6, 6.07) is 1.57. The molecule has 1 aromatic carbocycles. The van der Waals surface area contributed by atoms with E-state index in [4.69, 9.17) is 5.11 Å². The highest BCUT2D eigenvalue weighted by atomic mass is 32.2. The van der Waals surface area contributed by atoms with E-state index in [9.17, 15) is 17.2 Å². The van der Waals surface area contributed by atoms with Crippen molar-refractivity contribution >= 4 is 10.0 Å². The number of nitrogens with zero attached hydrogens (tertiary/aromatic N) is 1. The van der Waals surface area contributed by atoms with Gasteiger partial charge in [-0.3, -0.25) is 0 Å². The van der Waals surface area contributed by atoms with Crippen LogP contribution in [0.5, 0.6) is 0 Å². The van der Waals surface area contributed by atoms with Gasteiger partial charge in [0.15, 0.2) is 5.82 Å². The van der Waals surface area contributed by atoms with Crippen molar-refractivity contribution in [1.29, 1.82) is 0 Å². The van der Waals surface area contributed by atoms with E-state index in [0.29, 0.717) is 12.8 Å². The molecule has 0 saturated heterocycles. The van der Waals surface area contributed by atoms with Crippen molar-refractivity contribution in [2.45, 2.75) is 30.4 Å². The van der Waals surface area contributed by atoms with Crippen LogP contribution >= 0.6 is 0 Å². The van der Waals surface area contributed by atoms with Crippen LogP contribution in [0.1, 0.15) is 18.4 Å². The van der Waals surface area contributed by atoms with Crippen LogP contribution in [0.25, 0.3) is 0 Å². The van der Waals surface area contributed by atoms with Crippen molar-refractivity contribution in [2.24, 2.45) is 0 Å². The minimum Gasteiger partial charge on any atom is -0.391 e. The number of halogens is 2. The first-order valence-electron chi connectivity index (χ1n) is 6.14. The van der Waals surface area contributed by atoms with Crippen molar-refractivity contribution in [3.05, 3.63) is 42.0 Å². The van der Waals surface area contributed by atoms with Gasteiger partial charge in [-0.2, -0.15) is 4.31 Å². The second kappa shape index (κ2) is 5.59. The van der Waals surface area contributed by atoms with Gasteiger partial charge in [0.2, 0.25) is 10.0 Å². The Balaban J connectivity index is 2.51. The van der Waals surface area contributed by atoms with Crippen molar-refractivity contribution in [3.8, 4) is 0 Å². The van der Waals surface area contributed by atoms with Crippen LogP contribution < -0.4 is 0 Å². The maximum Gasteiger partial charge on any atom is 0.246 e. The van der Waals surface area contributed by atoms with E-state index >= 15 is 0 Å². The van der Waals surface area contributed by atoms with Gasteiger partial charge in [-0.05, 0) is 25.0 Å². The fourth-order valence-corrected chi connectivity index (χ4v) is 3.73. The Hall–Kier alpha value is -1.31. The van der Waals surface area contributed by atoms with Crippen LogP contribution in [0.2, 0.25) is 0 Å².